The molecule has 1 aromatic carbocycles. The van der Waals surface area contributed by atoms with Crippen LogP contribution in [-0.2, 0) is 0 Å². The summed E-state index contributed by atoms with van der Waals surface area (Å²) in [5, 5.41) is 5.93. The van der Waals surface area contributed by atoms with E-state index in [0.717, 1.165) is 5.75 Å². The van der Waals surface area contributed by atoms with Gasteiger partial charge in [0.15, 0.2) is 0 Å². The molecule has 1 heterocycles. The van der Waals surface area contributed by atoms with E-state index in [9.17, 15) is 9.59 Å². The number of carbonyl (C=O) groups excluding carboxylic acids is 1. The fraction of sp³-hybridized carbons (Fsp3) is 0.267. The molecule has 2 rings (SSSR count). The first kappa shape index (κ1) is 15.6. The second kappa shape index (κ2) is 7.26. The smallest absolute Gasteiger partial charge is 0.274 e. The van der Waals surface area contributed by atoms with Crippen LogP contribution in [0.1, 0.15) is 10.5 Å². The molecule has 0 spiro atoms. The Kier molecular flexibility index (Phi) is 5.13. The standard InChI is InChI=1S/C15H17N3O4/c1-18(15(20)13-7-8-14(19)17-16-13)9-10-22-12-5-3-11(21-2)4-6-12/h3-8H,9-10H2,1-2H3,(H,17,19). The summed E-state index contributed by atoms with van der Waals surface area (Å²) in [5.74, 6) is 1.17. The number of ether oxygens (including phenoxy) is 2. The molecular formula is C15H17N3O4. The second-order valence-electron chi connectivity index (χ2n) is 4.56. The van der Waals surface area contributed by atoms with E-state index in [1.165, 1.54) is 17.0 Å². The number of carbonyl (C=O) groups is 1. The van der Waals surface area contributed by atoms with Gasteiger partial charge >= 0.3 is 0 Å². The van der Waals surface area contributed by atoms with Crippen LogP contribution in [0.3, 0.4) is 0 Å². The summed E-state index contributed by atoms with van der Waals surface area (Å²) < 4.78 is 10.6. The maximum atomic E-state index is 12.1. The zero-order valence-electron chi connectivity index (χ0n) is 12.4. The first-order chi connectivity index (χ1) is 10.6. The molecule has 22 heavy (non-hydrogen) atoms. The van der Waals surface area contributed by atoms with Gasteiger partial charge in [0.1, 0.15) is 23.8 Å². The minimum atomic E-state index is -0.345. The summed E-state index contributed by atoms with van der Waals surface area (Å²) >= 11 is 0. The number of methoxy groups -OCH3 is 1. The number of nitrogens with zero attached hydrogens (tertiary/aromatic N) is 2. The summed E-state index contributed by atoms with van der Waals surface area (Å²) in [7, 11) is 3.24. The third kappa shape index (κ3) is 4.08. The number of rotatable bonds is 6. The van der Waals surface area contributed by atoms with E-state index in [-0.39, 0.29) is 17.2 Å². The molecule has 0 saturated carbocycles. The van der Waals surface area contributed by atoms with Gasteiger partial charge in [-0.05, 0) is 30.3 Å². The highest BCUT2D eigenvalue weighted by Gasteiger charge is 2.13. The van der Waals surface area contributed by atoms with Crippen molar-refractivity contribution in [3.8, 4) is 11.5 Å². The average Bonchev–Trinajstić information content (AvgIpc) is 2.55. The number of likely N-dealkylation sites (N-methyl/N-ethyl adjacent to an activating group) is 1. The van der Waals surface area contributed by atoms with Crippen LogP contribution in [0.5, 0.6) is 11.5 Å². The van der Waals surface area contributed by atoms with Crippen molar-refractivity contribution in [3.63, 3.8) is 0 Å². The fourth-order valence-corrected chi connectivity index (χ4v) is 1.73. The summed E-state index contributed by atoms with van der Waals surface area (Å²) in [6.07, 6.45) is 0. The van der Waals surface area contributed by atoms with Crippen molar-refractivity contribution >= 4 is 5.91 Å². The number of nitrogens with one attached hydrogen (secondary N) is 1. The first-order valence-electron chi connectivity index (χ1n) is 6.68. The van der Waals surface area contributed by atoms with E-state index in [2.05, 4.69) is 10.2 Å². The van der Waals surface area contributed by atoms with Crippen molar-refractivity contribution in [2.45, 2.75) is 0 Å². The van der Waals surface area contributed by atoms with Crippen LogP contribution in [0, 0.1) is 0 Å². The van der Waals surface area contributed by atoms with Crippen LogP contribution in [0.25, 0.3) is 0 Å². The van der Waals surface area contributed by atoms with E-state index in [1.807, 2.05) is 0 Å². The minimum Gasteiger partial charge on any atom is -0.497 e. The van der Waals surface area contributed by atoms with Gasteiger partial charge < -0.3 is 14.4 Å². The van der Waals surface area contributed by atoms with Crippen LogP contribution >= 0.6 is 0 Å². The summed E-state index contributed by atoms with van der Waals surface area (Å²) in [4.78, 5) is 24.4. The predicted octanol–water partition coefficient (Wildman–Crippen LogP) is 0.929. The number of aromatic amines is 1. The van der Waals surface area contributed by atoms with Crippen LogP contribution in [0.4, 0.5) is 0 Å². The van der Waals surface area contributed by atoms with Gasteiger partial charge in [-0.1, -0.05) is 0 Å². The molecule has 0 saturated heterocycles. The lowest BCUT2D eigenvalue weighted by atomic mass is 10.3. The van der Waals surface area contributed by atoms with Crippen LogP contribution in [-0.4, -0.2) is 48.3 Å². The largest absolute Gasteiger partial charge is 0.497 e. The number of H-pyrrole nitrogens is 1. The Morgan fingerprint density at radius 2 is 1.86 bits per heavy atom. The number of benzene rings is 1. The van der Waals surface area contributed by atoms with E-state index in [4.69, 9.17) is 9.47 Å². The molecule has 0 unspecified atom stereocenters. The van der Waals surface area contributed by atoms with Gasteiger partial charge in [0.25, 0.3) is 11.5 Å². The molecule has 1 amide bonds. The lowest BCUT2D eigenvalue weighted by molar-refractivity contribution is 0.0766. The van der Waals surface area contributed by atoms with E-state index in [0.29, 0.717) is 18.9 Å². The van der Waals surface area contributed by atoms with Gasteiger partial charge in [0.2, 0.25) is 0 Å². The molecule has 0 aliphatic rings. The van der Waals surface area contributed by atoms with Crippen LogP contribution < -0.4 is 15.0 Å². The Hall–Kier alpha value is -2.83. The van der Waals surface area contributed by atoms with Crippen molar-refractivity contribution in [2.75, 3.05) is 27.3 Å². The normalized spacial score (nSPS) is 10.1. The highest BCUT2D eigenvalue weighted by atomic mass is 16.5. The Labute approximate surface area is 127 Å². The molecule has 2 aromatic rings. The van der Waals surface area contributed by atoms with E-state index in [1.54, 1.807) is 38.4 Å². The van der Waals surface area contributed by atoms with Gasteiger partial charge in [-0.3, -0.25) is 9.59 Å². The van der Waals surface area contributed by atoms with Crippen molar-refractivity contribution in [2.24, 2.45) is 0 Å². The number of aromatic nitrogens is 2. The molecule has 0 aliphatic heterocycles. The Morgan fingerprint density at radius 3 is 2.45 bits per heavy atom. The number of hydrogen-bond acceptors (Lipinski definition) is 5. The van der Waals surface area contributed by atoms with Gasteiger partial charge in [-0.2, -0.15) is 5.10 Å². The zero-order valence-corrected chi connectivity index (χ0v) is 12.4. The van der Waals surface area contributed by atoms with Gasteiger partial charge in [-0.25, -0.2) is 5.10 Å². The Balaban J connectivity index is 1.83. The average molecular weight is 303 g/mol. The predicted molar refractivity (Wildman–Crippen MR) is 80.3 cm³/mol. The zero-order chi connectivity index (χ0) is 15.9. The van der Waals surface area contributed by atoms with Gasteiger partial charge in [0.05, 0.1) is 13.7 Å². The molecule has 0 radical (unpaired) electrons. The minimum absolute atomic E-state index is 0.187. The highest BCUT2D eigenvalue weighted by molar-refractivity contribution is 5.91. The number of hydrogen-bond donors (Lipinski definition) is 1. The van der Waals surface area contributed by atoms with Gasteiger partial charge in [-0.15, -0.1) is 0 Å². The van der Waals surface area contributed by atoms with Crippen molar-refractivity contribution in [1.82, 2.24) is 15.1 Å². The maximum Gasteiger partial charge on any atom is 0.274 e. The lowest BCUT2D eigenvalue weighted by Gasteiger charge is -2.16. The molecule has 1 aromatic heterocycles. The number of amides is 1. The quantitative estimate of drug-likeness (QED) is 0.858. The molecule has 7 heteroatoms. The molecule has 0 aliphatic carbocycles. The van der Waals surface area contributed by atoms with Gasteiger partial charge in [0, 0.05) is 13.1 Å². The second-order valence-corrected chi connectivity index (χ2v) is 4.56. The van der Waals surface area contributed by atoms with Crippen LogP contribution in [0.15, 0.2) is 41.2 Å². The molecule has 0 fully saturated rings. The lowest BCUT2D eigenvalue weighted by Crippen LogP contribution is -2.32. The SMILES string of the molecule is COc1ccc(OCCN(C)C(=O)c2ccc(=O)[nH]n2)cc1. The van der Waals surface area contributed by atoms with E-state index < -0.39 is 0 Å². The fourth-order valence-electron chi connectivity index (χ4n) is 1.73. The molecule has 7 nitrogen and oxygen atoms in total. The third-order valence-corrected chi connectivity index (χ3v) is 3.00. The van der Waals surface area contributed by atoms with Crippen LogP contribution in [0.2, 0.25) is 0 Å². The third-order valence-electron chi connectivity index (χ3n) is 3.00. The molecular weight excluding hydrogens is 286 g/mol. The van der Waals surface area contributed by atoms with Crippen molar-refractivity contribution in [1.29, 1.82) is 0 Å². The first-order valence-corrected chi connectivity index (χ1v) is 6.68. The summed E-state index contributed by atoms with van der Waals surface area (Å²) in [6, 6.07) is 9.85. The Morgan fingerprint density at radius 1 is 1.18 bits per heavy atom. The summed E-state index contributed by atoms with van der Waals surface area (Å²) in [5.41, 5.74) is -0.159. The molecule has 0 atom stereocenters. The van der Waals surface area contributed by atoms with Crippen molar-refractivity contribution < 1.29 is 14.3 Å². The summed E-state index contributed by atoms with van der Waals surface area (Å²) in [6.45, 7) is 0.740. The molecule has 1 N–H and O–H groups in total. The molecule has 116 valence electrons. The topological polar surface area (TPSA) is 84.5 Å². The Bertz CT molecular complexity index is 661. The highest BCUT2D eigenvalue weighted by Crippen LogP contribution is 2.16. The molecule has 0 bridgehead atoms. The maximum absolute atomic E-state index is 12.1. The van der Waals surface area contributed by atoms with Crippen molar-refractivity contribution in [3.05, 3.63) is 52.4 Å². The van der Waals surface area contributed by atoms with E-state index >= 15 is 0 Å². The monoisotopic (exact) mass is 303 g/mol.